The van der Waals surface area contributed by atoms with Crippen molar-refractivity contribution < 1.29 is 18.7 Å². The summed E-state index contributed by atoms with van der Waals surface area (Å²) in [5, 5.41) is 0. The number of hydrogen-bond acceptors (Lipinski definition) is 3. The van der Waals surface area contributed by atoms with E-state index in [2.05, 4.69) is 0 Å². The van der Waals surface area contributed by atoms with Crippen LogP contribution in [0.1, 0.15) is 24.0 Å². The molecule has 158 valence electrons. The first-order valence-corrected chi connectivity index (χ1v) is 10.2. The third-order valence-electron chi connectivity index (χ3n) is 5.21. The maximum atomic E-state index is 13.3. The van der Waals surface area contributed by atoms with Gasteiger partial charge in [-0.1, -0.05) is 24.3 Å². The molecule has 30 heavy (non-hydrogen) atoms. The third kappa shape index (κ3) is 6.17. The number of benzene rings is 2. The van der Waals surface area contributed by atoms with Gasteiger partial charge >= 0.3 is 0 Å². The molecule has 0 N–H and O–H groups in total. The third-order valence-corrected chi connectivity index (χ3v) is 5.21. The Morgan fingerprint density at radius 3 is 2.50 bits per heavy atom. The number of ether oxygens (including phenoxy) is 1. The Labute approximate surface area is 176 Å². The van der Waals surface area contributed by atoms with Crippen molar-refractivity contribution in [3.05, 3.63) is 71.6 Å². The molecule has 1 fully saturated rings. The molecule has 0 radical (unpaired) electrons. The van der Waals surface area contributed by atoms with Crippen molar-refractivity contribution >= 4 is 17.9 Å². The Balaban J connectivity index is 1.48. The molecule has 2 amide bonds. The van der Waals surface area contributed by atoms with Gasteiger partial charge < -0.3 is 14.5 Å². The number of carbonyl (C=O) groups excluding carboxylic acids is 2. The molecule has 5 nitrogen and oxygen atoms in total. The number of carbonyl (C=O) groups is 2. The summed E-state index contributed by atoms with van der Waals surface area (Å²) in [6.07, 6.45) is 4.95. The molecule has 2 aromatic carbocycles. The largest absolute Gasteiger partial charge is 0.497 e. The highest BCUT2D eigenvalue weighted by molar-refractivity contribution is 5.91. The second-order valence-electron chi connectivity index (χ2n) is 7.30. The molecule has 2 aromatic rings. The van der Waals surface area contributed by atoms with E-state index in [0.29, 0.717) is 44.6 Å². The summed E-state index contributed by atoms with van der Waals surface area (Å²) in [6, 6.07) is 13.8. The zero-order chi connectivity index (χ0) is 21.3. The smallest absolute Gasteiger partial charge is 0.246 e. The second kappa shape index (κ2) is 10.6. The van der Waals surface area contributed by atoms with Gasteiger partial charge in [-0.3, -0.25) is 9.59 Å². The van der Waals surface area contributed by atoms with Crippen molar-refractivity contribution in [2.75, 3.05) is 33.3 Å². The first kappa shape index (κ1) is 21.6. The molecular formula is C24H27FN2O3. The lowest BCUT2D eigenvalue weighted by atomic mass is 10.1. The fourth-order valence-corrected chi connectivity index (χ4v) is 3.47. The van der Waals surface area contributed by atoms with Crippen LogP contribution in [0.25, 0.3) is 6.08 Å². The summed E-state index contributed by atoms with van der Waals surface area (Å²) < 4.78 is 18.4. The quantitative estimate of drug-likeness (QED) is 0.685. The lowest BCUT2D eigenvalue weighted by molar-refractivity contribution is -0.132. The molecular weight excluding hydrogens is 383 g/mol. The SMILES string of the molecule is COc1ccc(CCC(=O)N2CCCN(C(=O)C=Cc3cccc(F)c3)CC2)cc1. The van der Waals surface area contributed by atoms with E-state index in [-0.39, 0.29) is 17.6 Å². The van der Waals surface area contributed by atoms with Crippen LogP contribution in [0.4, 0.5) is 4.39 Å². The molecule has 0 unspecified atom stereocenters. The minimum Gasteiger partial charge on any atom is -0.497 e. The minimum absolute atomic E-state index is 0.107. The fraction of sp³-hybridized carbons (Fsp3) is 0.333. The van der Waals surface area contributed by atoms with E-state index in [4.69, 9.17) is 4.74 Å². The lowest BCUT2D eigenvalue weighted by Gasteiger charge is -2.21. The first-order chi connectivity index (χ1) is 14.5. The molecule has 0 bridgehead atoms. The normalized spacial score (nSPS) is 14.6. The van der Waals surface area contributed by atoms with E-state index in [0.717, 1.165) is 17.7 Å². The lowest BCUT2D eigenvalue weighted by Crippen LogP contribution is -2.36. The first-order valence-electron chi connectivity index (χ1n) is 10.2. The molecule has 3 rings (SSSR count). The number of methoxy groups -OCH3 is 1. The molecule has 0 atom stereocenters. The highest BCUT2D eigenvalue weighted by Crippen LogP contribution is 2.14. The van der Waals surface area contributed by atoms with E-state index in [1.807, 2.05) is 29.2 Å². The van der Waals surface area contributed by atoms with Crippen molar-refractivity contribution in [3.63, 3.8) is 0 Å². The predicted molar refractivity (Wildman–Crippen MR) is 115 cm³/mol. The Morgan fingerprint density at radius 1 is 1.03 bits per heavy atom. The number of halogens is 1. The molecule has 0 aliphatic carbocycles. The van der Waals surface area contributed by atoms with Crippen molar-refractivity contribution in [3.8, 4) is 5.75 Å². The molecule has 1 aliphatic rings. The van der Waals surface area contributed by atoms with Gasteiger partial charge in [0.05, 0.1) is 7.11 Å². The number of rotatable bonds is 6. The molecule has 1 saturated heterocycles. The highest BCUT2D eigenvalue weighted by atomic mass is 19.1. The summed E-state index contributed by atoms with van der Waals surface area (Å²) in [4.78, 5) is 28.7. The second-order valence-corrected chi connectivity index (χ2v) is 7.30. The van der Waals surface area contributed by atoms with E-state index in [9.17, 15) is 14.0 Å². The average Bonchev–Trinajstić information content (AvgIpc) is 3.03. The van der Waals surface area contributed by atoms with Crippen LogP contribution in [0.15, 0.2) is 54.6 Å². The van der Waals surface area contributed by atoms with Crippen LogP contribution in [0.5, 0.6) is 5.75 Å². The fourth-order valence-electron chi connectivity index (χ4n) is 3.47. The Bertz CT molecular complexity index is 896. The van der Waals surface area contributed by atoms with Crippen LogP contribution in [-0.4, -0.2) is 54.9 Å². The van der Waals surface area contributed by atoms with Crippen molar-refractivity contribution in [2.24, 2.45) is 0 Å². The van der Waals surface area contributed by atoms with Crippen LogP contribution in [0.3, 0.4) is 0 Å². The van der Waals surface area contributed by atoms with Crippen LogP contribution in [0.2, 0.25) is 0 Å². The van der Waals surface area contributed by atoms with E-state index in [1.54, 1.807) is 30.2 Å². The summed E-state index contributed by atoms with van der Waals surface area (Å²) in [6.45, 7) is 2.29. The molecule has 0 spiro atoms. The van der Waals surface area contributed by atoms with Gasteiger partial charge in [-0.25, -0.2) is 4.39 Å². The number of hydrogen-bond donors (Lipinski definition) is 0. The van der Waals surface area contributed by atoms with Gasteiger partial charge in [0.1, 0.15) is 11.6 Å². The predicted octanol–water partition coefficient (Wildman–Crippen LogP) is 3.54. The monoisotopic (exact) mass is 410 g/mol. The van der Waals surface area contributed by atoms with Gasteiger partial charge in [0.25, 0.3) is 0 Å². The summed E-state index contributed by atoms with van der Waals surface area (Å²) in [5.41, 5.74) is 1.74. The summed E-state index contributed by atoms with van der Waals surface area (Å²) in [7, 11) is 1.63. The Kier molecular flexibility index (Phi) is 7.60. The minimum atomic E-state index is -0.330. The molecule has 0 saturated carbocycles. The van der Waals surface area contributed by atoms with Crippen LogP contribution >= 0.6 is 0 Å². The van der Waals surface area contributed by atoms with Gasteiger partial charge in [-0.15, -0.1) is 0 Å². The Hall–Kier alpha value is -3.15. The van der Waals surface area contributed by atoms with Crippen LogP contribution < -0.4 is 4.74 Å². The highest BCUT2D eigenvalue weighted by Gasteiger charge is 2.20. The van der Waals surface area contributed by atoms with Gasteiger partial charge in [0.15, 0.2) is 0 Å². The molecule has 6 heteroatoms. The zero-order valence-corrected chi connectivity index (χ0v) is 17.2. The maximum absolute atomic E-state index is 13.3. The zero-order valence-electron chi connectivity index (χ0n) is 17.2. The standard InChI is InChI=1S/C24H27FN2O3/c1-30-22-10-6-19(7-11-22)8-12-23(28)26-14-3-15-27(17-16-26)24(29)13-9-20-4-2-5-21(25)18-20/h2,4-7,9-11,13,18H,3,8,12,14-17H2,1H3. The average molecular weight is 410 g/mol. The van der Waals surface area contributed by atoms with Crippen molar-refractivity contribution in [1.29, 1.82) is 0 Å². The van der Waals surface area contributed by atoms with E-state index < -0.39 is 0 Å². The number of amides is 2. The van der Waals surface area contributed by atoms with E-state index >= 15 is 0 Å². The topological polar surface area (TPSA) is 49.9 Å². The summed E-state index contributed by atoms with van der Waals surface area (Å²) in [5.74, 6) is 0.458. The van der Waals surface area contributed by atoms with Gasteiger partial charge in [0, 0.05) is 38.7 Å². The maximum Gasteiger partial charge on any atom is 0.246 e. The van der Waals surface area contributed by atoms with Crippen LogP contribution in [0, 0.1) is 5.82 Å². The number of nitrogens with zero attached hydrogens (tertiary/aromatic N) is 2. The molecule has 0 aromatic heterocycles. The van der Waals surface area contributed by atoms with Gasteiger partial charge in [-0.2, -0.15) is 0 Å². The number of aryl methyl sites for hydroxylation is 1. The summed E-state index contributed by atoms with van der Waals surface area (Å²) >= 11 is 0. The van der Waals surface area contributed by atoms with Crippen molar-refractivity contribution in [1.82, 2.24) is 9.80 Å². The van der Waals surface area contributed by atoms with E-state index in [1.165, 1.54) is 18.2 Å². The van der Waals surface area contributed by atoms with Crippen molar-refractivity contribution in [2.45, 2.75) is 19.3 Å². The Morgan fingerprint density at radius 2 is 1.77 bits per heavy atom. The van der Waals surface area contributed by atoms with Gasteiger partial charge in [0.2, 0.25) is 11.8 Å². The molecule has 1 heterocycles. The molecule has 1 aliphatic heterocycles. The van der Waals surface area contributed by atoms with Gasteiger partial charge in [-0.05, 0) is 54.3 Å². The van der Waals surface area contributed by atoms with Crippen LogP contribution in [-0.2, 0) is 16.0 Å².